The van der Waals surface area contributed by atoms with Gasteiger partial charge >= 0.3 is 0 Å². The Labute approximate surface area is 65.5 Å². The van der Waals surface area contributed by atoms with E-state index in [1.165, 1.54) is 0 Å². The molecule has 0 radical (unpaired) electrons. The molecule has 0 aliphatic carbocycles. The highest BCUT2D eigenvalue weighted by atomic mass is 16.3. The molecule has 0 spiro atoms. The van der Waals surface area contributed by atoms with E-state index in [0.29, 0.717) is 18.7 Å². The van der Waals surface area contributed by atoms with Crippen LogP contribution in [0.5, 0.6) is 0 Å². The average molecular weight is 150 g/mol. The number of nitrogens with zero attached hydrogens (tertiary/aromatic N) is 2. The lowest BCUT2D eigenvalue weighted by molar-refractivity contribution is 0.279. The molecule has 3 nitrogen and oxygen atoms in total. The van der Waals surface area contributed by atoms with Crippen molar-refractivity contribution in [2.45, 2.75) is 13.0 Å². The van der Waals surface area contributed by atoms with Crippen molar-refractivity contribution in [2.75, 3.05) is 6.61 Å². The van der Waals surface area contributed by atoms with Crippen molar-refractivity contribution >= 4 is 0 Å². The molecular weight excluding hydrogens is 140 g/mol. The van der Waals surface area contributed by atoms with Crippen LogP contribution in [0.25, 0.3) is 0 Å². The summed E-state index contributed by atoms with van der Waals surface area (Å²) in [5.41, 5.74) is 0.651. The third kappa shape index (κ3) is 1.82. The highest BCUT2D eigenvalue weighted by molar-refractivity contribution is 5.21. The maximum atomic E-state index is 8.57. The zero-order valence-corrected chi connectivity index (χ0v) is 6.20. The van der Waals surface area contributed by atoms with E-state index in [1.807, 2.05) is 16.8 Å². The molecule has 1 aromatic rings. The van der Waals surface area contributed by atoms with Crippen molar-refractivity contribution < 1.29 is 5.11 Å². The molecule has 0 atom stereocenters. The van der Waals surface area contributed by atoms with Crippen molar-refractivity contribution in [3.05, 3.63) is 24.0 Å². The van der Waals surface area contributed by atoms with Crippen LogP contribution in [0.1, 0.15) is 12.1 Å². The molecular formula is C8H10N2O. The van der Waals surface area contributed by atoms with Gasteiger partial charge in [0.05, 0.1) is 0 Å². The molecule has 0 aliphatic heterocycles. The van der Waals surface area contributed by atoms with Crippen molar-refractivity contribution in [2.24, 2.45) is 0 Å². The fraction of sp³-hybridized carbons (Fsp3) is 0.375. The van der Waals surface area contributed by atoms with Crippen molar-refractivity contribution in [3.8, 4) is 6.07 Å². The van der Waals surface area contributed by atoms with Crippen LogP contribution in [-0.2, 0) is 6.54 Å². The summed E-state index contributed by atoms with van der Waals surface area (Å²) in [5.74, 6) is 0. The van der Waals surface area contributed by atoms with Gasteiger partial charge in [0.25, 0.3) is 0 Å². The molecule has 1 heterocycles. The summed E-state index contributed by atoms with van der Waals surface area (Å²) in [6.07, 6.45) is 2.54. The van der Waals surface area contributed by atoms with E-state index in [2.05, 4.69) is 6.07 Å². The molecule has 1 aromatic heterocycles. The van der Waals surface area contributed by atoms with Gasteiger partial charge in [-0.2, -0.15) is 5.26 Å². The van der Waals surface area contributed by atoms with Crippen LogP contribution in [0.15, 0.2) is 18.3 Å². The van der Waals surface area contributed by atoms with Crippen molar-refractivity contribution in [1.29, 1.82) is 5.26 Å². The predicted molar refractivity (Wildman–Crippen MR) is 40.8 cm³/mol. The Morgan fingerprint density at radius 2 is 2.45 bits per heavy atom. The number of nitriles is 1. The van der Waals surface area contributed by atoms with Gasteiger partial charge in [0.1, 0.15) is 11.8 Å². The summed E-state index contributed by atoms with van der Waals surface area (Å²) in [6.45, 7) is 0.884. The third-order valence-corrected chi connectivity index (χ3v) is 1.50. The zero-order chi connectivity index (χ0) is 8.10. The number of aromatic nitrogens is 1. The minimum Gasteiger partial charge on any atom is -0.396 e. The van der Waals surface area contributed by atoms with Crippen molar-refractivity contribution in [1.82, 2.24) is 4.57 Å². The van der Waals surface area contributed by atoms with Crippen LogP contribution in [0.3, 0.4) is 0 Å². The van der Waals surface area contributed by atoms with Gasteiger partial charge in [-0.1, -0.05) is 0 Å². The van der Waals surface area contributed by atoms with Crippen LogP contribution in [0.4, 0.5) is 0 Å². The van der Waals surface area contributed by atoms with Crippen molar-refractivity contribution in [3.63, 3.8) is 0 Å². The molecule has 0 unspecified atom stereocenters. The SMILES string of the molecule is N#Cc1cccn1CCCO. The smallest absolute Gasteiger partial charge is 0.120 e. The summed E-state index contributed by atoms with van der Waals surface area (Å²) in [4.78, 5) is 0. The number of hydrogen-bond donors (Lipinski definition) is 1. The van der Waals surface area contributed by atoms with Crippen LogP contribution in [-0.4, -0.2) is 16.3 Å². The Morgan fingerprint density at radius 3 is 3.09 bits per heavy atom. The first-order valence-electron chi connectivity index (χ1n) is 3.54. The number of aliphatic hydroxyl groups excluding tert-OH is 1. The molecule has 0 aliphatic rings. The minimum atomic E-state index is 0.170. The molecule has 58 valence electrons. The van der Waals surface area contributed by atoms with Gasteiger partial charge in [-0.25, -0.2) is 0 Å². The van der Waals surface area contributed by atoms with Gasteiger partial charge < -0.3 is 9.67 Å². The van der Waals surface area contributed by atoms with E-state index in [4.69, 9.17) is 10.4 Å². The molecule has 0 amide bonds. The maximum Gasteiger partial charge on any atom is 0.120 e. The second-order valence-electron chi connectivity index (χ2n) is 2.28. The van der Waals surface area contributed by atoms with Gasteiger partial charge in [-0.15, -0.1) is 0 Å². The Hall–Kier alpha value is -1.27. The molecule has 0 saturated carbocycles. The van der Waals surface area contributed by atoms with E-state index >= 15 is 0 Å². The molecule has 0 saturated heterocycles. The lowest BCUT2D eigenvalue weighted by Gasteiger charge is -2.00. The highest BCUT2D eigenvalue weighted by Gasteiger charge is 1.96. The molecule has 3 heteroatoms. The first kappa shape index (κ1) is 7.83. The van der Waals surface area contributed by atoms with Gasteiger partial charge in [-0.3, -0.25) is 0 Å². The van der Waals surface area contributed by atoms with Crippen LogP contribution >= 0.6 is 0 Å². The monoisotopic (exact) mass is 150 g/mol. The maximum absolute atomic E-state index is 8.57. The summed E-state index contributed by atoms with van der Waals surface area (Å²) >= 11 is 0. The van der Waals surface area contributed by atoms with Gasteiger partial charge in [0, 0.05) is 19.3 Å². The van der Waals surface area contributed by atoms with E-state index in [9.17, 15) is 0 Å². The lowest BCUT2D eigenvalue weighted by Crippen LogP contribution is -2.00. The fourth-order valence-corrected chi connectivity index (χ4v) is 0.952. The molecule has 1 rings (SSSR count). The standard InChI is InChI=1S/C8H10N2O/c9-7-8-3-1-4-10(8)5-2-6-11/h1,3-4,11H,2,5-6H2. The molecule has 0 fully saturated rings. The number of aryl methyl sites for hydroxylation is 1. The van der Waals surface area contributed by atoms with Crippen LogP contribution in [0.2, 0.25) is 0 Å². The average Bonchev–Trinajstić information content (AvgIpc) is 2.47. The van der Waals surface area contributed by atoms with Gasteiger partial charge in [-0.05, 0) is 18.6 Å². The highest BCUT2D eigenvalue weighted by Crippen LogP contribution is 2.00. The van der Waals surface area contributed by atoms with E-state index in [1.54, 1.807) is 6.07 Å². The second kappa shape index (κ2) is 3.79. The Bertz CT molecular complexity index is 259. The summed E-state index contributed by atoms with van der Waals surface area (Å²) in [5, 5.41) is 17.1. The zero-order valence-electron chi connectivity index (χ0n) is 6.20. The minimum absolute atomic E-state index is 0.170. The van der Waals surface area contributed by atoms with Gasteiger partial charge in [0.15, 0.2) is 0 Å². The number of rotatable bonds is 3. The summed E-state index contributed by atoms with van der Waals surface area (Å²) in [7, 11) is 0. The number of aliphatic hydroxyl groups is 1. The Morgan fingerprint density at radius 1 is 1.64 bits per heavy atom. The molecule has 1 N–H and O–H groups in total. The van der Waals surface area contributed by atoms with Crippen LogP contribution in [0, 0.1) is 11.3 Å². The number of hydrogen-bond acceptors (Lipinski definition) is 2. The first-order valence-corrected chi connectivity index (χ1v) is 3.54. The van der Waals surface area contributed by atoms with Crippen LogP contribution < -0.4 is 0 Å². The first-order chi connectivity index (χ1) is 5.38. The van der Waals surface area contributed by atoms with E-state index in [0.717, 1.165) is 0 Å². The molecule has 0 bridgehead atoms. The molecule has 11 heavy (non-hydrogen) atoms. The quantitative estimate of drug-likeness (QED) is 0.691. The summed E-state index contributed by atoms with van der Waals surface area (Å²) in [6, 6.07) is 5.66. The van der Waals surface area contributed by atoms with E-state index < -0.39 is 0 Å². The Balaban J connectivity index is 2.63. The third-order valence-electron chi connectivity index (χ3n) is 1.50. The molecule has 0 aromatic carbocycles. The lowest BCUT2D eigenvalue weighted by atomic mass is 10.4. The van der Waals surface area contributed by atoms with Gasteiger partial charge in [0.2, 0.25) is 0 Å². The second-order valence-corrected chi connectivity index (χ2v) is 2.28. The topological polar surface area (TPSA) is 49.0 Å². The fourth-order valence-electron chi connectivity index (χ4n) is 0.952. The largest absolute Gasteiger partial charge is 0.396 e. The predicted octanol–water partition coefficient (Wildman–Crippen LogP) is 0.742. The normalized spacial score (nSPS) is 9.45. The summed E-state index contributed by atoms with van der Waals surface area (Å²) < 4.78 is 1.83. The Kier molecular flexibility index (Phi) is 2.70. The van der Waals surface area contributed by atoms with E-state index in [-0.39, 0.29) is 6.61 Å².